The van der Waals surface area contributed by atoms with Crippen LogP contribution in [0.4, 0.5) is 0 Å². The van der Waals surface area contributed by atoms with Crippen molar-refractivity contribution in [3.8, 4) is 40.2 Å². The lowest BCUT2D eigenvalue weighted by Gasteiger charge is -2.17. The van der Waals surface area contributed by atoms with E-state index in [1.165, 1.54) is 11.1 Å². The fourth-order valence-electron chi connectivity index (χ4n) is 4.50. The molecule has 0 saturated heterocycles. The highest BCUT2D eigenvalue weighted by molar-refractivity contribution is 5.54. The highest BCUT2D eigenvalue weighted by Crippen LogP contribution is 2.41. The van der Waals surface area contributed by atoms with E-state index < -0.39 is 0 Å². The summed E-state index contributed by atoms with van der Waals surface area (Å²) in [7, 11) is 8.30. The van der Waals surface area contributed by atoms with Crippen molar-refractivity contribution in [3.05, 3.63) is 101 Å². The van der Waals surface area contributed by atoms with E-state index in [4.69, 9.17) is 28.4 Å². The van der Waals surface area contributed by atoms with Crippen molar-refractivity contribution in [2.45, 2.75) is 25.7 Å². The predicted octanol–water partition coefficient (Wildman–Crippen LogP) is 7.09. The number of hydrogen-bond donors (Lipinski definition) is 0. The van der Waals surface area contributed by atoms with Gasteiger partial charge in [-0.1, -0.05) is 30.3 Å². The smallest absolute Gasteiger partial charge is 0.170 e. The molecule has 0 fully saturated rings. The molecule has 4 rings (SSSR count). The summed E-state index contributed by atoms with van der Waals surface area (Å²) >= 11 is 0. The van der Waals surface area contributed by atoms with Crippen LogP contribution in [-0.2, 0) is 25.7 Å². The van der Waals surface area contributed by atoms with Crippen molar-refractivity contribution in [1.82, 2.24) is 0 Å². The molecule has 0 atom stereocenters. The van der Waals surface area contributed by atoms with Crippen LogP contribution in [0.3, 0.4) is 0 Å². The van der Waals surface area contributed by atoms with Gasteiger partial charge in [-0.05, 0) is 90.4 Å². The fourth-order valence-corrected chi connectivity index (χ4v) is 4.50. The summed E-state index contributed by atoms with van der Waals surface area (Å²) < 4.78 is 34.1. The van der Waals surface area contributed by atoms with Gasteiger partial charge in [-0.2, -0.15) is 0 Å². The van der Waals surface area contributed by atoms with E-state index in [1.807, 2.05) is 54.6 Å². The normalized spacial score (nSPS) is 10.6. The van der Waals surface area contributed by atoms with Gasteiger partial charge in [-0.25, -0.2) is 0 Å². The van der Waals surface area contributed by atoms with Gasteiger partial charge in [0.15, 0.2) is 23.0 Å². The summed E-state index contributed by atoms with van der Waals surface area (Å²) in [5, 5.41) is 0. The molecule has 0 aliphatic rings. The molecule has 0 unspecified atom stereocenters. The Bertz CT molecular complexity index is 1380. The second-order valence-corrected chi connectivity index (χ2v) is 9.11. The molecule has 0 aromatic heterocycles. The standard InChI is InChI=1S/C33H36O6/c1-34-27-10-6-8-23(18-27)12-13-25-15-17-29(31(20-25)37-4)39-33-21-26(30(36-3)22-32(33)38-5)16-14-24-9-7-11-28(19-24)35-2/h6-11,15,17-22H,12-14,16H2,1-5H3. The Morgan fingerprint density at radius 2 is 0.949 bits per heavy atom. The van der Waals surface area contributed by atoms with Crippen LogP contribution in [0.1, 0.15) is 22.3 Å². The summed E-state index contributed by atoms with van der Waals surface area (Å²) in [4.78, 5) is 0. The SMILES string of the molecule is COc1cccc(CCc2ccc(Oc3cc(CCc4cccc(OC)c4)c(OC)cc3OC)c(OC)c2)c1. The number of benzene rings is 4. The molecule has 39 heavy (non-hydrogen) atoms. The van der Waals surface area contributed by atoms with Gasteiger partial charge in [0.1, 0.15) is 17.2 Å². The summed E-state index contributed by atoms with van der Waals surface area (Å²) in [6, 6.07) is 26.1. The Morgan fingerprint density at radius 1 is 0.410 bits per heavy atom. The summed E-state index contributed by atoms with van der Waals surface area (Å²) in [6.45, 7) is 0. The first-order chi connectivity index (χ1) is 19.1. The molecule has 4 aromatic rings. The van der Waals surface area contributed by atoms with Gasteiger partial charge in [-0.3, -0.25) is 0 Å². The summed E-state index contributed by atoms with van der Waals surface area (Å²) in [6.07, 6.45) is 3.34. The van der Waals surface area contributed by atoms with Crippen LogP contribution in [-0.4, -0.2) is 35.5 Å². The summed E-state index contributed by atoms with van der Waals surface area (Å²) in [5.41, 5.74) is 4.58. The third kappa shape index (κ3) is 7.17. The monoisotopic (exact) mass is 528 g/mol. The van der Waals surface area contributed by atoms with E-state index in [-0.39, 0.29) is 0 Å². The average Bonchev–Trinajstić information content (AvgIpc) is 2.99. The highest BCUT2D eigenvalue weighted by Gasteiger charge is 2.16. The van der Waals surface area contributed by atoms with Crippen LogP contribution in [0.25, 0.3) is 0 Å². The first-order valence-corrected chi connectivity index (χ1v) is 12.9. The van der Waals surface area contributed by atoms with Crippen molar-refractivity contribution < 1.29 is 28.4 Å². The lowest BCUT2D eigenvalue weighted by Crippen LogP contribution is -2.00. The fraction of sp³-hybridized carbons (Fsp3) is 0.273. The summed E-state index contributed by atoms with van der Waals surface area (Å²) in [5.74, 6) is 4.92. The van der Waals surface area contributed by atoms with Crippen molar-refractivity contribution in [1.29, 1.82) is 0 Å². The second-order valence-electron chi connectivity index (χ2n) is 9.11. The minimum Gasteiger partial charge on any atom is -0.497 e. The second kappa shape index (κ2) is 13.5. The largest absolute Gasteiger partial charge is 0.497 e. The van der Waals surface area contributed by atoms with Gasteiger partial charge in [-0.15, -0.1) is 0 Å². The van der Waals surface area contributed by atoms with Crippen LogP contribution in [0, 0.1) is 0 Å². The maximum atomic E-state index is 6.36. The zero-order valence-corrected chi connectivity index (χ0v) is 23.3. The van der Waals surface area contributed by atoms with Gasteiger partial charge in [0, 0.05) is 6.07 Å². The molecule has 0 heterocycles. The molecule has 0 saturated carbocycles. The van der Waals surface area contributed by atoms with E-state index >= 15 is 0 Å². The van der Waals surface area contributed by atoms with Crippen molar-refractivity contribution in [3.63, 3.8) is 0 Å². The molecule has 6 heteroatoms. The molecule has 0 aliphatic heterocycles. The average molecular weight is 529 g/mol. The van der Waals surface area contributed by atoms with Crippen LogP contribution in [0.2, 0.25) is 0 Å². The van der Waals surface area contributed by atoms with Crippen molar-refractivity contribution in [2.75, 3.05) is 35.5 Å². The van der Waals surface area contributed by atoms with Gasteiger partial charge < -0.3 is 28.4 Å². The minimum absolute atomic E-state index is 0.584. The van der Waals surface area contributed by atoms with Crippen molar-refractivity contribution >= 4 is 0 Å². The third-order valence-corrected chi connectivity index (χ3v) is 6.67. The van der Waals surface area contributed by atoms with Gasteiger partial charge in [0.05, 0.1) is 35.5 Å². The molecular weight excluding hydrogens is 492 g/mol. The van der Waals surface area contributed by atoms with Crippen LogP contribution in [0.15, 0.2) is 78.9 Å². The quantitative estimate of drug-likeness (QED) is 0.185. The Morgan fingerprint density at radius 3 is 1.51 bits per heavy atom. The molecule has 6 nitrogen and oxygen atoms in total. The van der Waals surface area contributed by atoms with E-state index in [9.17, 15) is 0 Å². The molecule has 0 amide bonds. The number of ether oxygens (including phenoxy) is 6. The zero-order valence-electron chi connectivity index (χ0n) is 23.3. The van der Waals surface area contributed by atoms with E-state index in [2.05, 4.69) is 24.3 Å². The Kier molecular flexibility index (Phi) is 9.57. The number of hydrogen-bond acceptors (Lipinski definition) is 6. The number of aryl methyl sites for hydroxylation is 4. The molecule has 0 aliphatic carbocycles. The topological polar surface area (TPSA) is 55.4 Å². The Hall–Kier alpha value is -4.32. The molecule has 0 N–H and O–H groups in total. The zero-order chi connectivity index (χ0) is 27.6. The van der Waals surface area contributed by atoms with Gasteiger partial charge in [0.2, 0.25) is 0 Å². The molecule has 4 aromatic carbocycles. The molecule has 0 spiro atoms. The number of rotatable bonds is 13. The lowest BCUT2D eigenvalue weighted by molar-refractivity contribution is 0.350. The van der Waals surface area contributed by atoms with Crippen molar-refractivity contribution in [2.24, 2.45) is 0 Å². The van der Waals surface area contributed by atoms with E-state index in [0.717, 1.165) is 54.1 Å². The van der Waals surface area contributed by atoms with Gasteiger partial charge >= 0.3 is 0 Å². The Labute approximate surface area is 231 Å². The Balaban J connectivity index is 1.53. The maximum Gasteiger partial charge on any atom is 0.170 e. The molecular formula is C33H36O6. The predicted molar refractivity (Wildman–Crippen MR) is 153 cm³/mol. The van der Waals surface area contributed by atoms with E-state index in [1.54, 1.807) is 35.5 Å². The highest BCUT2D eigenvalue weighted by atomic mass is 16.5. The lowest BCUT2D eigenvalue weighted by atomic mass is 10.0. The van der Waals surface area contributed by atoms with Crippen LogP contribution < -0.4 is 28.4 Å². The van der Waals surface area contributed by atoms with Crippen LogP contribution in [0.5, 0.6) is 40.2 Å². The molecule has 204 valence electrons. The molecule has 0 bridgehead atoms. The first-order valence-electron chi connectivity index (χ1n) is 12.9. The van der Waals surface area contributed by atoms with E-state index in [0.29, 0.717) is 23.0 Å². The minimum atomic E-state index is 0.584. The number of methoxy groups -OCH3 is 5. The molecule has 0 radical (unpaired) electrons. The first kappa shape index (κ1) is 27.7. The van der Waals surface area contributed by atoms with Gasteiger partial charge in [0.25, 0.3) is 0 Å². The third-order valence-electron chi connectivity index (χ3n) is 6.67. The maximum absolute atomic E-state index is 6.36. The van der Waals surface area contributed by atoms with Crippen LogP contribution >= 0.6 is 0 Å².